The topological polar surface area (TPSA) is 33.2 Å². The number of carbonyl (C=O) groups is 1. The van der Waals surface area contributed by atoms with Gasteiger partial charge in [-0.15, -0.1) is 22.9 Å². The zero-order chi connectivity index (χ0) is 13.8. The highest BCUT2D eigenvalue weighted by atomic mass is 35.5. The van der Waals surface area contributed by atoms with Gasteiger partial charge in [-0.25, -0.2) is 4.98 Å². The molecule has 19 heavy (non-hydrogen) atoms. The van der Waals surface area contributed by atoms with Gasteiger partial charge in [0, 0.05) is 17.2 Å². The summed E-state index contributed by atoms with van der Waals surface area (Å²) < 4.78 is 0. The Balaban J connectivity index is 2.42. The number of amides is 1. The van der Waals surface area contributed by atoms with E-state index >= 15 is 0 Å². The molecule has 1 heterocycles. The van der Waals surface area contributed by atoms with Crippen molar-refractivity contribution >= 4 is 39.7 Å². The summed E-state index contributed by atoms with van der Waals surface area (Å²) in [6.45, 7) is 3.74. The maximum Gasteiger partial charge on any atom is 0.237 e. The summed E-state index contributed by atoms with van der Waals surface area (Å²) in [6, 6.07) is 9.53. The zero-order valence-electron chi connectivity index (χ0n) is 10.8. The van der Waals surface area contributed by atoms with Gasteiger partial charge in [-0.2, -0.15) is 0 Å². The molecule has 0 spiro atoms. The van der Waals surface area contributed by atoms with Gasteiger partial charge >= 0.3 is 0 Å². The summed E-state index contributed by atoms with van der Waals surface area (Å²) in [5.74, 6) is 0.0219. The van der Waals surface area contributed by atoms with Gasteiger partial charge in [0.15, 0.2) is 5.13 Å². The molecule has 2 rings (SSSR count). The lowest BCUT2D eigenvalue weighted by molar-refractivity contribution is -0.120. The largest absolute Gasteiger partial charge is 0.274 e. The standard InChI is InChI=1S/C14H15ClN2OS/c1-10(8-15)13(18)17(12-6-4-3-5-7-12)14-16-11(2)9-19-14/h3-7,9-10H,8H2,1-2H3. The van der Waals surface area contributed by atoms with Crippen LogP contribution in [0.4, 0.5) is 10.8 Å². The van der Waals surface area contributed by atoms with Crippen molar-refractivity contribution in [3.63, 3.8) is 0 Å². The number of rotatable bonds is 4. The highest BCUT2D eigenvalue weighted by molar-refractivity contribution is 7.14. The first-order chi connectivity index (χ1) is 9.13. The van der Waals surface area contributed by atoms with Crippen molar-refractivity contribution in [2.24, 2.45) is 5.92 Å². The number of carbonyl (C=O) groups excluding carboxylic acids is 1. The normalized spacial score (nSPS) is 12.2. The summed E-state index contributed by atoms with van der Waals surface area (Å²) in [5.41, 5.74) is 1.73. The summed E-state index contributed by atoms with van der Waals surface area (Å²) >= 11 is 7.27. The van der Waals surface area contributed by atoms with Crippen molar-refractivity contribution in [2.45, 2.75) is 13.8 Å². The third-order valence-corrected chi connectivity index (χ3v) is 4.09. The molecular formula is C14H15ClN2OS. The fraction of sp³-hybridized carbons (Fsp3) is 0.286. The van der Waals surface area contributed by atoms with Gasteiger partial charge < -0.3 is 0 Å². The van der Waals surface area contributed by atoms with Crippen LogP contribution in [0.5, 0.6) is 0 Å². The van der Waals surface area contributed by atoms with E-state index in [-0.39, 0.29) is 11.8 Å². The van der Waals surface area contributed by atoms with Crippen LogP contribution in [0.3, 0.4) is 0 Å². The number of aromatic nitrogens is 1. The Morgan fingerprint density at radius 1 is 1.42 bits per heavy atom. The molecule has 1 atom stereocenters. The lowest BCUT2D eigenvalue weighted by Gasteiger charge is -2.22. The third-order valence-electron chi connectivity index (χ3n) is 2.69. The van der Waals surface area contributed by atoms with Crippen molar-refractivity contribution in [3.8, 4) is 0 Å². The number of aryl methyl sites for hydroxylation is 1. The molecule has 0 bridgehead atoms. The number of hydrogen-bond acceptors (Lipinski definition) is 3. The van der Waals surface area contributed by atoms with Crippen LogP contribution in [0.2, 0.25) is 0 Å². The predicted octanol–water partition coefficient (Wildman–Crippen LogP) is 3.99. The minimum Gasteiger partial charge on any atom is -0.274 e. The molecule has 0 fully saturated rings. The Bertz CT molecular complexity index is 556. The van der Waals surface area contributed by atoms with E-state index in [4.69, 9.17) is 11.6 Å². The van der Waals surface area contributed by atoms with Crippen molar-refractivity contribution in [1.29, 1.82) is 0 Å². The van der Waals surface area contributed by atoms with Crippen LogP contribution in [-0.4, -0.2) is 16.8 Å². The fourth-order valence-electron chi connectivity index (χ4n) is 1.64. The molecule has 100 valence electrons. The second-order valence-electron chi connectivity index (χ2n) is 4.34. The first-order valence-electron chi connectivity index (χ1n) is 6.00. The SMILES string of the molecule is Cc1csc(N(C(=O)C(C)CCl)c2ccccc2)n1. The average Bonchev–Trinajstić information content (AvgIpc) is 2.85. The predicted molar refractivity (Wildman–Crippen MR) is 80.3 cm³/mol. The molecule has 0 radical (unpaired) electrons. The van der Waals surface area contributed by atoms with Crippen LogP contribution in [0.1, 0.15) is 12.6 Å². The molecule has 0 N–H and O–H groups in total. The molecule has 1 amide bonds. The van der Waals surface area contributed by atoms with Gasteiger partial charge in [-0.3, -0.25) is 9.69 Å². The smallest absolute Gasteiger partial charge is 0.237 e. The Morgan fingerprint density at radius 2 is 2.11 bits per heavy atom. The van der Waals surface area contributed by atoms with Crippen molar-refractivity contribution in [1.82, 2.24) is 4.98 Å². The number of alkyl halides is 1. The van der Waals surface area contributed by atoms with Crippen molar-refractivity contribution in [2.75, 3.05) is 10.8 Å². The van der Waals surface area contributed by atoms with Crippen LogP contribution in [0, 0.1) is 12.8 Å². The molecule has 0 aliphatic rings. The van der Waals surface area contributed by atoms with E-state index in [9.17, 15) is 4.79 Å². The summed E-state index contributed by atoms with van der Waals surface area (Å²) in [5, 5.41) is 2.62. The van der Waals surface area contributed by atoms with Gasteiger partial charge in [0.05, 0.1) is 11.4 Å². The van der Waals surface area contributed by atoms with Crippen LogP contribution in [-0.2, 0) is 4.79 Å². The fourth-order valence-corrected chi connectivity index (χ4v) is 2.60. The maximum atomic E-state index is 12.5. The van der Waals surface area contributed by atoms with Crippen molar-refractivity contribution < 1.29 is 4.79 Å². The molecule has 0 saturated heterocycles. The van der Waals surface area contributed by atoms with Gasteiger partial charge in [0.25, 0.3) is 0 Å². The van der Waals surface area contributed by atoms with E-state index < -0.39 is 0 Å². The third kappa shape index (κ3) is 3.14. The molecule has 1 aromatic heterocycles. The number of nitrogens with zero attached hydrogens (tertiary/aromatic N) is 2. The van der Waals surface area contributed by atoms with Crippen LogP contribution in [0.15, 0.2) is 35.7 Å². The van der Waals surface area contributed by atoms with Crippen LogP contribution < -0.4 is 4.90 Å². The molecule has 3 nitrogen and oxygen atoms in total. The second-order valence-corrected chi connectivity index (χ2v) is 5.48. The minimum absolute atomic E-state index is 0.0319. The first kappa shape index (κ1) is 14.0. The Morgan fingerprint density at radius 3 is 2.63 bits per heavy atom. The summed E-state index contributed by atoms with van der Waals surface area (Å²) in [6.07, 6.45) is 0. The molecule has 1 aromatic carbocycles. The Kier molecular flexibility index (Phi) is 4.56. The van der Waals surface area contributed by atoms with Crippen LogP contribution >= 0.6 is 22.9 Å². The van der Waals surface area contributed by atoms with E-state index in [1.165, 1.54) is 11.3 Å². The number of halogens is 1. The number of para-hydroxylation sites is 1. The number of hydrogen-bond donors (Lipinski definition) is 0. The van der Waals surface area contributed by atoms with E-state index in [1.807, 2.05) is 49.6 Å². The van der Waals surface area contributed by atoms with Gasteiger partial charge in [0.2, 0.25) is 5.91 Å². The molecule has 5 heteroatoms. The lowest BCUT2D eigenvalue weighted by atomic mass is 10.1. The molecule has 0 saturated carbocycles. The van der Waals surface area contributed by atoms with Gasteiger partial charge in [-0.1, -0.05) is 25.1 Å². The number of thiazole rings is 1. The second kappa shape index (κ2) is 6.17. The van der Waals surface area contributed by atoms with E-state index in [2.05, 4.69) is 4.98 Å². The summed E-state index contributed by atoms with van der Waals surface area (Å²) in [7, 11) is 0. The first-order valence-corrected chi connectivity index (χ1v) is 7.42. The maximum absolute atomic E-state index is 12.5. The van der Waals surface area contributed by atoms with Crippen molar-refractivity contribution in [3.05, 3.63) is 41.4 Å². The average molecular weight is 295 g/mol. The highest BCUT2D eigenvalue weighted by Gasteiger charge is 2.24. The summed E-state index contributed by atoms with van der Waals surface area (Å²) in [4.78, 5) is 18.5. The number of anilines is 2. The van der Waals surface area contributed by atoms with E-state index in [0.29, 0.717) is 11.0 Å². The molecule has 1 unspecified atom stereocenters. The zero-order valence-corrected chi connectivity index (χ0v) is 12.4. The molecule has 0 aliphatic heterocycles. The minimum atomic E-state index is -0.244. The van der Waals surface area contributed by atoms with E-state index in [0.717, 1.165) is 11.4 Å². The van der Waals surface area contributed by atoms with Gasteiger partial charge in [0.1, 0.15) is 0 Å². The van der Waals surface area contributed by atoms with E-state index in [1.54, 1.807) is 4.90 Å². The Hall–Kier alpha value is -1.39. The molecular weight excluding hydrogens is 280 g/mol. The molecule has 2 aromatic rings. The molecule has 0 aliphatic carbocycles. The monoisotopic (exact) mass is 294 g/mol. The Labute approximate surface area is 121 Å². The lowest BCUT2D eigenvalue weighted by Crippen LogP contribution is -2.31. The highest BCUT2D eigenvalue weighted by Crippen LogP contribution is 2.30. The van der Waals surface area contributed by atoms with Crippen LogP contribution in [0.25, 0.3) is 0 Å². The van der Waals surface area contributed by atoms with Gasteiger partial charge in [-0.05, 0) is 19.1 Å². The number of benzene rings is 1. The quantitative estimate of drug-likeness (QED) is 0.799.